The van der Waals surface area contributed by atoms with Gasteiger partial charge in [0, 0.05) is 16.8 Å². The first-order valence-corrected chi connectivity index (χ1v) is 7.81. The predicted molar refractivity (Wildman–Crippen MR) is 75.6 cm³/mol. The van der Waals surface area contributed by atoms with Gasteiger partial charge in [0.1, 0.15) is 0 Å². The van der Waals surface area contributed by atoms with Crippen molar-refractivity contribution in [2.45, 2.75) is 43.0 Å². The molecule has 0 aromatic heterocycles. The number of hydrogen-bond acceptors (Lipinski definition) is 2. The summed E-state index contributed by atoms with van der Waals surface area (Å²) in [6.45, 7) is 0. The normalized spacial score (nSPS) is 27.5. The minimum Gasteiger partial charge on any atom is -0.295 e. The zero-order valence-electron chi connectivity index (χ0n) is 9.92. The van der Waals surface area contributed by atoms with Crippen LogP contribution in [0.25, 0.3) is 0 Å². The summed E-state index contributed by atoms with van der Waals surface area (Å²) in [6, 6.07) is 8.81. The van der Waals surface area contributed by atoms with Crippen molar-refractivity contribution < 1.29 is 0 Å². The van der Waals surface area contributed by atoms with E-state index in [2.05, 4.69) is 29.2 Å². The van der Waals surface area contributed by atoms with Gasteiger partial charge >= 0.3 is 0 Å². The highest BCUT2D eigenvalue weighted by Crippen LogP contribution is 2.45. The quantitative estimate of drug-likeness (QED) is 0.811. The summed E-state index contributed by atoms with van der Waals surface area (Å²) in [5.74, 6) is 1.20. The molecule has 2 aliphatic rings. The second-order valence-electron chi connectivity index (χ2n) is 5.11. The smallest absolute Gasteiger partial charge is 0.0650 e. The van der Waals surface area contributed by atoms with Crippen LogP contribution < -0.4 is 5.32 Å². The lowest BCUT2D eigenvalue weighted by Gasteiger charge is -2.33. The zero-order valence-corrected chi connectivity index (χ0v) is 11.5. The van der Waals surface area contributed by atoms with Crippen molar-refractivity contribution in [3.8, 4) is 0 Å². The van der Waals surface area contributed by atoms with E-state index in [1.807, 2.05) is 12.1 Å². The van der Waals surface area contributed by atoms with Crippen molar-refractivity contribution in [3.63, 3.8) is 0 Å². The Morgan fingerprint density at radius 3 is 2.53 bits per heavy atom. The van der Waals surface area contributed by atoms with Crippen LogP contribution >= 0.6 is 23.4 Å². The third-order valence-electron chi connectivity index (χ3n) is 3.90. The monoisotopic (exact) mass is 267 g/mol. The van der Waals surface area contributed by atoms with Gasteiger partial charge < -0.3 is 0 Å². The molecule has 0 bridgehead atoms. The van der Waals surface area contributed by atoms with E-state index in [4.69, 9.17) is 11.6 Å². The fraction of sp³-hybridized carbons (Fsp3) is 0.571. The highest BCUT2D eigenvalue weighted by Gasteiger charge is 2.40. The summed E-state index contributed by atoms with van der Waals surface area (Å²) >= 11 is 8.06. The topological polar surface area (TPSA) is 12.0 Å². The first kappa shape index (κ1) is 11.9. The molecule has 3 rings (SSSR count). The highest BCUT2D eigenvalue weighted by atomic mass is 35.5. The van der Waals surface area contributed by atoms with Crippen LogP contribution in [0.15, 0.2) is 24.3 Å². The number of hydrogen-bond donors (Lipinski definition) is 1. The number of rotatable bonds is 1. The molecule has 3 heteroatoms. The Labute approximate surface area is 112 Å². The molecule has 1 aliphatic heterocycles. The molecule has 17 heavy (non-hydrogen) atoms. The van der Waals surface area contributed by atoms with E-state index in [0.29, 0.717) is 10.9 Å². The molecule has 1 heterocycles. The van der Waals surface area contributed by atoms with Gasteiger partial charge in [-0.05, 0) is 30.5 Å². The standard InChI is InChI=1S/C14H18ClNS/c15-12-6-4-11(5-7-12)13-10-17-14(16-13)8-2-1-3-9-14/h4-7,13,16H,1-3,8-10H2. The predicted octanol–water partition coefficient (Wildman–Crippen LogP) is 4.38. The fourth-order valence-corrected chi connectivity index (χ4v) is 4.62. The van der Waals surface area contributed by atoms with E-state index in [9.17, 15) is 0 Å². The van der Waals surface area contributed by atoms with E-state index < -0.39 is 0 Å². The van der Waals surface area contributed by atoms with E-state index >= 15 is 0 Å². The molecular formula is C14H18ClNS. The van der Waals surface area contributed by atoms with Crippen molar-refractivity contribution in [1.29, 1.82) is 0 Å². The molecule has 0 amide bonds. The van der Waals surface area contributed by atoms with E-state index in [1.165, 1.54) is 43.4 Å². The molecule has 1 saturated heterocycles. The Balaban J connectivity index is 1.72. The molecule has 1 aromatic rings. The number of thioether (sulfide) groups is 1. The summed E-state index contributed by atoms with van der Waals surface area (Å²) in [6.07, 6.45) is 6.85. The number of benzene rings is 1. The van der Waals surface area contributed by atoms with Crippen molar-refractivity contribution in [3.05, 3.63) is 34.9 Å². The molecule has 92 valence electrons. The maximum absolute atomic E-state index is 5.93. The van der Waals surface area contributed by atoms with Crippen LogP contribution in [0.2, 0.25) is 5.02 Å². The van der Waals surface area contributed by atoms with Crippen molar-refractivity contribution in [1.82, 2.24) is 5.32 Å². The minimum atomic E-state index is 0.378. The van der Waals surface area contributed by atoms with Crippen molar-refractivity contribution in [2.75, 3.05) is 5.75 Å². The van der Waals surface area contributed by atoms with Crippen LogP contribution in [0.1, 0.15) is 43.7 Å². The van der Waals surface area contributed by atoms with Crippen LogP contribution in [0.5, 0.6) is 0 Å². The molecule has 1 nitrogen and oxygen atoms in total. The third-order valence-corrected chi connectivity index (χ3v) is 5.73. The SMILES string of the molecule is Clc1ccc(C2CSC3(CCCCC3)N2)cc1. The highest BCUT2D eigenvalue weighted by molar-refractivity contribution is 8.00. The molecular weight excluding hydrogens is 250 g/mol. The number of nitrogens with one attached hydrogen (secondary N) is 1. The van der Waals surface area contributed by atoms with Gasteiger partial charge in [0.05, 0.1) is 4.87 Å². The summed E-state index contributed by atoms with van der Waals surface area (Å²) in [4.78, 5) is 0.378. The van der Waals surface area contributed by atoms with Crippen LogP contribution in [0.4, 0.5) is 0 Å². The zero-order chi connectivity index (χ0) is 11.7. The molecule has 1 spiro atoms. The summed E-state index contributed by atoms with van der Waals surface area (Å²) in [5.41, 5.74) is 1.38. The van der Waals surface area contributed by atoms with Gasteiger partial charge in [-0.3, -0.25) is 5.32 Å². The van der Waals surface area contributed by atoms with Gasteiger partial charge in [-0.1, -0.05) is 43.0 Å². The Hall–Kier alpha value is -0.180. The summed E-state index contributed by atoms with van der Waals surface area (Å²) < 4.78 is 0. The Bertz CT molecular complexity index is 384. The van der Waals surface area contributed by atoms with Crippen LogP contribution in [-0.2, 0) is 0 Å². The Morgan fingerprint density at radius 1 is 1.12 bits per heavy atom. The summed E-state index contributed by atoms with van der Waals surface area (Å²) in [7, 11) is 0. The van der Waals surface area contributed by atoms with Gasteiger partial charge in [0.25, 0.3) is 0 Å². The molecule has 1 unspecified atom stereocenters. The van der Waals surface area contributed by atoms with Crippen molar-refractivity contribution >= 4 is 23.4 Å². The van der Waals surface area contributed by atoms with E-state index in [0.717, 1.165) is 5.02 Å². The van der Waals surface area contributed by atoms with E-state index in [1.54, 1.807) is 0 Å². The number of halogens is 1. The van der Waals surface area contributed by atoms with Gasteiger partial charge in [-0.2, -0.15) is 0 Å². The average molecular weight is 268 g/mol. The molecule has 1 N–H and O–H groups in total. The Kier molecular flexibility index (Phi) is 3.38. The second-order valence-corrected chi connectivity index (χ2v) is 6.95. The average Bonchev–Trinajstić information content (AvgIpc) is 2.75. The second kappa shape index (κ2) is 4.83. The first-order valence-electron chi connectivity index (χ1n) is 6.45. The van der Waals surface area contributed by atoms with Gasteiger partial charge in [-0.15, -0.1) is 11.8 Å². The largest absolute Gasteiger partial charge is 0.295 e. The lowest BCUT2D eigenvalue weighted by atomic mass is 9.93. The maximum Gasteiger partial charge on any atom is 0.0650 e. The molecule has 1 aromatic carbocycles. The van der Waals surface area contributed by atoms with Gasteiger partial charge in [0.2, 0.25) is 0 Å². The van der Waals surface area contributed by atoms with Gasteiger partial charge in [0.15, 0.2) is 0 Å². The molecule has 1 aliphatic carbocycles. The Morgan fingerprint density at radius 2 is 1.82 bits per heavy atom. The minimum absolute atomic E-state index is 0.378. The van der Waals surface area contributed by atoms with E-state index in [-0.39, 0.29) is 0 Å². The fourth-order valence-electron chi connectivity index (χ4n) is 2.93. The third kappa shape index (κ3) is 2.49. The first-order chi connectivity index (χ1) is 8.27. The molecule has 1 saturated carbocycles. The van der Waals surface area contributed by atoms with Crippen LogP contribution in [0, 0.1) is 0 Å². The molecule has 0 radical (unpaired) electrons. The van der Waals surface area contributed by atoms with Crippen LogP contribution in [0.3, 0.4) is 0 Å². The molecule has 1 atom stereocenters. The van der Waals surface area contributed by atoms with Crippen molar-refractivity contribution in [2.24, 2.45) is 0 Å². The summed E-state index contributed by atoms with van der Waals surface area (Å²) in [5, 5.41) is 4.69. The van der Waals surface area contributed by atoms with Gasteiger partial charge in [-0.25, -0.2) is 0 Å². The van der Waals surface area contributed by atoms with Crippen LogP contribution in [-0.4, -0.2) is 10.6 Å². The maximum atomic E-state index is 5.93. The lowest BCUT2D eigenvalue weighted by Crippen LogP contribution is -2.40. The molecule has 2 fully saturated rings. The lowest BCUT2D eigenvalue weighted by molar-refractivity contribution is 0.331.